The van der Waals surface area contributed by atoms with Crippen molar-refractivity contribution < 1.29 is 18.6 Å². The number of fused-ring (bicyclic) bond motifs is 4. The minimum Gasteiger partial charge on any atom is -0.497 e. The van der Waals surface area contributed by atoms with Crippen molar-refractivity contribution in [2.75, 3.05) is 58.0 Å². The Morgan fingerprint density at radius 2 is 2.03 bits per heavy atom. The molecule has 0 aromatic carbocycles. The molecule has 7 nitrogen and oxygen atoms in total. The molecule has 4 rings (SSSR count). The first-order valence-electron chi connectivity index (χ1n) is 13.4. The fraction of sp³-hybridized carbons (Fsp3) is 0.467. The van der Waals surface area contributed by atoms with Crippen LogP contribution in [0.5, 0.6) is 0 Å². The number of nitrogens with one attached hydrogen (secondary N) is 1. The number of aromatic nitrogens is 2. The number of rotatable bonds is 6. The molecule has 1 fully saturated rings. The summed E-state index contributed by atoms with van der Waals surface area (Å²) in [7, 11) is 0. The van der Waals surface area contributed by atoms with Gasteiger partial charge in [-0.3, -0.25) is 0 Å². The molecule has 1 atom stereocenters. The molecule has 0 spiro atoms. The third kappa shape index (κ3) is 7.96. The summed E-state index contributed by atoms with van der Waals surface area (Å²) >= 11 is 0. The summed E-state index contributed by atoms with van der Waals surface area (Å²) in [6.07, 6.45) is 17.7. The fourth-order valence-electron chi connectivity index (χ4n) is 4.85. The average molecular weight is 523 g/mol. The normalized spacial score (nSPS) is 26.7. The van der Waals surface area contributed by atoms with Gasteiger partial charge >= 0.3 is 0 Å². The molecule has 1 unspecified atom stereocenters. The third-order valence-electron chi connectivity index (χ3n) is 6.90. The number of anilines is 1. The Bertz CT molecular complexity index is 1100. The monoisotopic (exact) mass is 522 g/mol. The molecule has 1 N–H and O–H groups in total. The van der Waals surface area contributed by atoms with Crippen molar-refractivity contribution in [1.29, 1.82) is 0 Å². The largest absolute Gasteiger partial charge is 0.497 e. The molecule has 1 aromatic heterocycles. The molecule has 1 saturated heterocycles. The van der Waals surface area contributed by atoms with Crippen molar-refractivity contribution in [2.24, 2.45) is 5.41 Å². The first-order chi connectivity index (χ1) is 18.6. The van der Waals surface area contributed by atoms with E-state index in [4.69, 9.17) is 14.2 Å². The summed E-state index contributed by atoms with van der Waals surface area (Å²) in [5.41, 5.74) is 2.34. The fourth-order valence-corrected chi connectivity index (χ4v) is 4.85. The van der Waals surface area contributed by atoms with Crippen molar-refractivity contribution >= 4 is 11.5 Å². The lowest BCUT2D eigenvalue weighted by Gasteiger charge is -2.35. The number of hydrogen-bond donors (Lipinski definition) is 1. The highest BCUT2D eigenvalue weighted by atomic mass is 19.1. The van der Waals surface area contributed by atoms with Crippen LogP contribution < -0.4 is 5.32 Å². The number of likely N-dealkylation sites (tertiary alicyclic amines) is 1. The molecule has 3 heterocycles. The van der Waals surface area contributed by atoms with Crippen molar-refractivity contribution in [1.82, 2.24) is 14.9 Å². The van der Waals surface area contributed by atoms with Gasteiger partial charge in [0.1, 0.15) is 5.76 Å². The lowest BCUT2D eigenvalue weighted by Crippen LogP contribution is -2.32. The second-order valence-corrected chi connectivity index (χ2v) is 10.1. The maximum absolute atomic E-state index is 13.5. The topological polar surface area (TPSA) is 68.7 Å². The minimum atomic E-state index is -0.342. The van der Waals surface area contributed by atoms with E-state index in [0.717, 1.165) is 24.4 Å². The zero-order valence-electron chi connectivity index (χ0n) is 22.3. The van der Waals surface area contributed by atoms with Gasteiger partial charge in [-0.05, 0) is 63.6 Å². The highest BCUT2D eigenvalue weighted by molar-refractivity contribution is 5.73. The van der Waals surface area contributed by atoms with Gasteiger partial charge in [-0.25, -0.2) is 14.4 Å². The molecule has 4 bridgehead atoms. The number of hydrogen-bond acceptors (Lipinski definition) is 7. The van der Waals surface area contributed by atoms with Crippen LogP contribution in [-0.4, -0.2) is 67.5 Å². The standard InChI is InChI=1S/C30H39FN4O3/c1-3-25-19-24(21-31)22-36-16-6-7-17-37-23-30(2)20-26(33-29-32-12-11-27(25)34-29)9-10-28(30)38-18-8-15-35-13-4-5-14-35/h3,6-7,9-12,19,21H,1,4-5,8,13-18,20,22-23H2,2H3,(H,32,33,34)/b7-6-,24-21-,25-19+. The van der Waals surface area contributed by atoms with Crippen LogP contribution in [0.3, 0.4) is 0 Å². The second kappa shape index (κ2) is 14.2. The lowest BCUT2D eigenvalue weighted by molar-refractivity contribution is 0.0404. The van der Waals surface area contributed by atoms with E-state index in [0.29, 0.717) is 62.0 Å². The highest BCUT2D eigenvalue weighted by Gasteiger charge is 2.35. The maximum Gasteiger partial charge on any atom is 0.227 e. The van der Waals surface area contributed by atoms with Crippen molar-refractivity contribution in [3.8, 4) is 0 Å². The summed E-state index contributed by atoms with van der Waals surface area (Å²) < 4.78 is 31.5. The van der Waals surface area contributed by atoms with Gasteiger partial charge in [0.05, 0.1) is 50.5 Å². The Balaban J connectivity index is 1.53. The van der Waals surface area contributed by atoms with Crippen LogP contribution in [0.25, 0.3) is 5.57 Å². The van der Waals surface area contributed by atoms with E-state index in [2.05, 4.69) is 33.7 Å². The summed E-state index contributed by atoms with van der Waals surface area (Å²) in [6.45, 7) is 11.6. The van der Waals surface area contributed by atoms with Gasteiger partial charge in [0.25, 0.3) is 0 Å². The van der Waals surface area contributed by atoms with Crippen LogP contribution >= 0.6 is 0 Å². The Labute approximate surface area is 225 Å². The average Bonchev–Trinajstić information content (AvgIpc) is 3.44. The van der Waals surface area contributed by atoms with Crippen molar-refractivity contribution in [3.05, 3.63) is 84.4 Å². The van der Waals surface area contributed by atoms with Gasteiger partial charge in [0, 0.05) is 36.0 Å². The van der Waals surface area contributed by atoms with E-state index in [1.54, 1.807) is 24.4 Å². The van der Waals surface area contributed by atoms with E-state index in [9.17, 15) is 4.39 Å². The van der Waals surface area contributed by atoms with E-state index < -0.39 is 0 Å². The summed E-state index contributed by atoms with van der Waals surface area (Å²) in [5, 5.41) is 3.36. The van der Waals surface area contributed by atoms with Crippen molar-refractivity contribution in [2.45, 2.75) is 32.6 Å². The van der Waals surface area contributed by atoms with Gasteiger partial charge in [-0.1, -0.05) is 24.8 Å². The summed E-state index contributed by atoms with van der Waals surface area (Å²) in [5.74, 6) is 1.39. The number of allylic oxidation sites excluding steroid dienone is 5. The van der Waals surface area contributed by atoms with Gasteiger partial charge in [0.2, 0.25) is 5.95 Å². The van der Waals surface area contributed by atoms with Crippen molar-refractivity contribution in [3.63, 3.8) is 0 Å². The molecule has 1 aromatic rings. The van der Waals surface area contributed by atoms with Crippen LogP contribution in [0.4, 0.5) is 10.3 Å². The zero-order chi connectivity index (χ0) is 26.6. The SMILES string of the molecule is C=C/C1=C\C(=C\F)COC/C=C\COCC2(C)CC(=CC=C2OCCCN2CCCC2)Nc2nccc1n2. The predicted molar refractivity (Wildman–Crippen MR) is 149 cm³/mol. The molecule has 0 saturated carbocycles. The van der Waals surface area contributed by atoms with E-state index in [1.807, 2.05) is 24.3 Å². The van der Waals surface area contributed by atoms with Gasteiger partial charge < -0.3 is 24.4 Å². The molecule has 0 amide bonds. The predicted octanol–water partition coefficient (Wildman–Crippen LogP) is 5.59. The third-order valence-corrected chi connectivity index (χ3v) is 6.90. The molecule has 0 radical (unpaired) electrons. The maximum atomic E-state index is 13.5. The van der Waals surface area contributed by atoms with Crippen LogP contribution in [0.15, 0.2) is 78.7 Å². The number of halogens is 1. The Morgan fingerprint density at radius 1 is 1.21 bits per heavy atom. The second-order valence-electron chi connectivity index (χ2n) is 10.1. The van der Waals surface area contributed by atoms with Crippen LogP contribution in [0, 0.1) is 5.41 Å². The van der Waals surface area contributed by atoms with E-state index in [1.165, 1.54) is 25.9 Å². The van der Waals surface area contributed by atoms with Gasteiger partial charge in [0.15, 0.2) is 0 Å². The molecular formula is C30H39FN4O3. The highest BCUT2D eigenvalue weighted by Crippen LogP contribution is 2.39. The van der Waals surface area contributed by atoms with Gasteiger partial charge in [-0.2, -0.15) is 0 Å². The molecule has 1 aliphatic carbocycles. The first-order valence-corrected chi connectivity index (χ1v) is 13.4. The zero-order valence-corrected chi connectivity index (χ0v) is 22.3. The Kier molecular flexibility index (Phi) is 10.4. The van der Waals surface area contributed by atoms with E-state index in [-0.39, 0.29) is 12.0 Å². The lowest BCUT2D eigenvalue weighted by atomic mass is 9.81. The smallest absolute Gasteiger partial charge is 0.227 e. The molecule has 38 heavy (non-hydrogen) atoms. The molecule has 2 aliphatic heterocycles. The summed E-state index contributed by atoms with van der Waals surface area (Å²) in [4.78, 5) is 11.6. The van der Waals surface area contributed by atoms with E-state index >= 15 is 0 Å². The van der Waals surface area contributed by atoms with Crippen LogP contribution in [-0.2, 0) is 14.2 Å². The van der Waals surface area contributed by atoms with Crippen LogP contribution in [0.2, 0.25) is 0 Å². The Hall–Kier alpha value is -3.07. The first kappa shape index (κ1) is 28.0. The quantitative estimate of drug-likeness (QED) is 0.386. The minimum absolute atomic E-state index is 0.128. The Morgan fingerprint density at radius 3 is 2.82 bits per heavy atom. The summed E-state index contributed by atoms with van der Waals surface area (Å²) in [6, 6.07) is 1.78. The van der Waals surface area contributed by atoms with Gasteiger partial charge in [-0.15, -0.1) is 0 Å². The molecule has 3 aliphatic rings. The molecular weight excluding hydrogens is 483 g/mol. The number of ether oxygens (including phenoxy) is 3. The molecule has 204 valence electrons. The van der Waals surface area contributed by atoms with Crippen LogP contribution in [0.1, 0.15) is 38.3 Å². The molecule has 8 heteroatoms. The number of nitrogens with zero attached hydrogens (tertiary/aromatic N) is 3.